The zero-order valence-corrected chi connectivity index (χ0v) is 14.4. The van der Waals surface area contributed by atoms with E-state index >= 15 is 0 Å². The number of halogens is 2. The summed E-state index contributed by atoms with van der Waals surface area (Å²) in [5.74, 6) is 1.48. The summed E-state index contributed by atoms with van der Waals surface area (Å²) < 4.78 is 6.88. The minimum absolute atomic E-state index is 0.534. The van der Waals surface area contributed by atoms with Gasteiger partial charge in [0.1, 0.15) is 5.75 Å². The molecule has 0 aliphatic heterocycles. The van der Waals surface area contributed by atoms with E-state index in [9.17, 15) is 0 Å². The van der Waals surface area contributed by atoms with Crippen LogP contribution in [0.25, 0.3) is 0 Å². The third kappa shape index (κ3) is 4.95. The highest BCUT2D eigenvalue weighted by molar-refractivity contribution is 9.10. The van der Waals surface area contributed by atoms with E-state index in [4.69, 9.17) is 4.74 Å². The number of alkyl halides is 1. The van der Waals surface area contributed by atoms with Gasteiger partial charge >= 0.3 is 0 Å². The van der Waals surface area contributed by atoms with Crippen molar-refractivity contribution < 1.29 is 4.74 Å². The van der Waals surface area contributed by atoms with Gasteiger partial charge in [0, 0.05) is 9.80 Å². The third-order valence-corrected chi connectivity index (χ3v) is 4.49. The third-order valence-electron chi connectivity index (χ3n) is 3.22. The number of benzene rings is 2. The molecule has 0 saturated carbocycles. The molecule has 0 bridgehead atoms. The Balaban J connectivity index is 1.80. The summed E-state index contributed by atoms with van der Waals surface area (Å²) in [5.41, 5.74) is 1.37. The normalized spacial score (nSPS) is 12.1. The number of rotatable bonds is 7. The van der Waals surface area contributed by atoms with Crippen molar-refractivity contribution in [1.82, 2.24) is 0 Å². The van der Waals surface area contributed by atoms with Crippen LogP contribution in [0.2, 0.25) is 0 Å². The topological polar surface area (TPSA) is 9.23 Å². The van der Waals surface area contributed by atoms with Crippen molar-refractivity contribution in [3.05, 3.63) is 64.6 Å². The minimum Gasteiger partial charge on any atom is -0.494 e. The average molecular weight is 398 g/mol. The molecular weight excluding hydrogens is 380 g/mol. The number of hydrogen-bond acceptors (Lipinski definition) is 1. The average Bonchev–Trinajstić information content (AvgIpc) is 2.48. The van der Waals surface area contributed by atoms with Crippen LogP contribution in [-0.2, 0) is 0 Å². The summed E-state index contributed by atoms with van der Waals surface area (Å²) in [6.07, 6.45) is 2.17. The number of hydrogen-bond donors (Lipinski definition) is 0. The van der Waals surface area contributed by atoms with Crippen LogP contribution in [-0.4, -0.2) is 11.9 Å². The van der Waals surface area contributed by atoms with Gasteiger partial charge in [-0.15, -0.1) is 0 Å². The first kappa shape index (κ1) is 15.6. The molecule has 2 aromatic rings. The van der Waals surface area contributed by atoms with E-state index in [1.807, 2.05) is 30.3 Å². The van der Waals surface area contributed by atoms with Crippen LogP contribution in [0.15, 0.2) is 59.1 Å². The van der Waals surface area contributed by atoms with Gasteiger partial charge in [-0.3, -0.25) is 0 Å². The molecule has 1 unspecified atom stereocenters. The summed E-state index contributed by atoms with van der Waals surface area (Å²) in [7, 11) is 0. The fraction of sp³-hybridized carbons (Fsp3) is 0.294. The largest absolute Gasteiger partial charge is 0.494 e. The van der Waals surface area contributed by atoms with E-state index in [1.54, 1.807) is 0 Å². The summed E-state index contributed by atoms with van der Waals surface area (Å²) in [6, 6.07) is 18.5. The second-order valence-electron chi connectivity index (χ2n) is 4.71. The van der Waals surface area contributed by atoms with Crippen LogP contribution >= 0.6 is 31.9 Å². The highest BCUT2D eigenvalue weighted by atomic mass is 79.9. The molecule has 1 atom stereocenters. The van der Waals surface area contributed by atoms with Crippen molar-refractivity contribution in [1.29, 1.82) is 0 Å². The quantitative estimate of drug-likeness (QED) is 0.424. The van der Waals surface area contributed by atoms with E-state index in [-0.39, 0.29) is 0 Å². The first-order chi connectivity index (χ1) is 9.79. The zero-order valence-electron chi connectivity index (χ0n) is 11.3. The number of ether oxygens (including phenoxy) is 1. The van der Waals surface area contributed by atoms with E-state index in [0.717, 1.165) is 35.0 Å². The molecule has 106 valence electrons. The van der Waals surface area contributed by atoms with Gasteiger partial charge in [-0.2, -0.15) is 0 Å². The Bertz CT molecular complexity index is 513. The Labute approximate surface area is 137 Å². The Morgan fingerprint density at radius 1 is 1.00 bits per heavy atom. The molecule has 0 aliphatic rings. The van der Waals surface area contributed by atoms with Crippen molar-refractivity contribution in [2.45, 2.75) is 18.8 Å². The maximum Gasteiger partial charge on any atom is 0.119 e. The van der Waals surface area contributed by atoms with Crippen molar-refractivity contribution in [2.24, 2.45) is 0 Å². The van der Waals surface area contributed by atoms with Gasteiger partial charge in [-0.1, -0.05) is 62.2 Å². The fourth-order valence-corrected chi connectivity index (χ4v) is 3.24. The minimum atomic E-state index is 0.534. The monoisotopic (exact) mass is 396 g/mol. The Morgan fingerprint density at radius 2 is 1.80 bits per heavy atom. The Hall–Kier alpha value is -0.800. The first-order valence-corrected chi connectivity index (χ1v) is 8.70. The van der Waals surface area contributed by atoms with Gasteiger partial charge in [-0.25, -0.2) is 0 Å². The Morgan fingerprint density at radius 3 is 2.50 bits per heavy atom. The lowest BCUT2D eigenvalue weighted by Gasteiger charge is -2.15. The zero-order chi connectivity index (χ0) is 14.2. The highest BCUT2D eigenvalue weighted by Gasteiger charge is 2.10. The van der Waals surface area contributed by atoms with Crippen LogP contribution in [0.4, 0.5) is 0 Å². The summed E-state index contributed by atoms with van der Waals surface area (Å²) in [6.45, 7) is 0.765. The summed E-state index contributed by atoms with van der Waals surface area (Å²) in [5, 5.41) is 0.981. The maximum atomic E-state index is 5.74. The van der Waals surface area contributed by atoms with Crippen LogP contribution in [0.3, 0.4) is 0 Å². The van der Waals surface area contributed by atoms with E-state index in [2.05, 4.69) is 56.1 Å². The van der Waals surface area contributed by atoms with Crippen LogP contribution in [0.5, 0.6) is 5.75 Å². The molecule has 0 fully saturated rings. The molecule has 3 heteroatoms. The van der Waals surface area contributed by atoms with Crippen molar-refractivity contribution in [3.63, 3.8) is 0 Å². The molecule has 0 aliphatic carbocycles. The lowest BCUT2D eigenvalue weighted by atomic mass is 9.96. The molecule has 1 nitrogen and oxygen atoms in total. The standard InChI is InChI=1S/C17H18Br2O/c18-13-15(14-6-4-8-16(19)12-14)7-5-11-20-17-9-2-1-3-10-17/h1-4,6,8-10,12,15H,5,7,11,13H2. The van der Waals surface area contributed by atoms with E-state index < -0.39 is 0 Å². The van der Waals surface area contributed by atoms with Crippen LogP contribution < -0.4 is 4.74 Å². The summed E-state index contributed by atoms with van der Waals surface area (Å²) in [4.78, 5) is 0. The van der Waals surface area contributed by atoms with Crippen molar-refractivity contribution in [2.75, 3.05) is 11.9 Å². The first-order valence-electron chi connectivity index (χ1n) is 6.79. The van der Waals surface area contributed by atoms with E-state index in [0.29, 0.717) is 5.92 Å². The SMILES string of the molecule is BrCC(CCCOc1ccccc1)c1cccc(Br)c1. The molecule has 0 spiro atoms. The molecule has 0 saturated heterocycles. The maximum absolute atomic E-state index is 5.74. The highest BCUT2D eigenvalue weighted by Crippen LogP contribution is 2.26. The molecule has 0 aromatic heterocycles. The van der Waals surface area contributed by atoms with Crippen LogP contribution in [0, 0.1) is 0 Å². The van der Waals surface area contributed by atoms with Gasteiger partial charge in [0.15, 0.2) is 0 Å². The molecular formula is C17H18Br2O. The summed E-state index contributed by atoms with van der Waals surface area (Å²) >= 11 is 7.15. The molecule has 0 radical (unpaired) electrons. The van der Waals surface area contributed by atoms with Gasteiger partial charge in [0.05, 0.1) is 6.61 Å². The van der Waals surface area contributed by atoms with E-state index in [1.165, 1.54) is 5.56 Å². The lowest BCUT2D eigenvalue weighted by Crippen LogP contribution is -2.04. The second kappa shape index (κ2) is 8.48. The van der Waals surface area contributed by atoms with Gasteiger partial charge in [0.25, 0.3) is 0 Å². The fourth-order valence-electron chi connectivity index (χ4n) is 2.13. The van der Waals surface area contributed by atoms with Gasteiger partial charge in [0.2, 0.25) is 0 Å². The van der Waals surface area contributed by atoms with Crippen molar-refractivity contribution >= 4 is 31.9 Å². The second-order valence-corrected chi connectivity index (χ2v) is 6.27. The molecule has 2 rings (SSSR count). The predicted molar refractivity (Wildman–Crippen MR) is 91.8 cm³/mol. The number of para-hydroxylation sites is 1. The smallest absolute Gasteiger partial charge is 0.119 e. The Kier molecular flexibility index (Phi) is 6.61. The molecule has 0 heterocycles. The molecule has 0 amide bonds. The van der Waals surface area contributed by atoms with Crippen molar-refractivity contribution in [3.8, 4) is 5.75 Å². The van der Waals surface area contributed by atoms with Gasteiger partial charge in [-0.05, 0) is 48.6 Å². The molecule has 2 aromatic carbocycles. The lowest BCUT2D eigenvalue weighted by molar-refractivity contribution is 0.303. The predicted octanol–water partition coefficient (Wildman–Crippen LogP) is 5.79. The molecule has 20 heavy (non-hydrogen) atoms. The van der Waals surface area contributed by atoms with Gasteiger partial charge < -0.3 is 4.74 Å². The molecule has 0 N–H and O–H groups in total. The van der Waals surface area contributed by atoms with Crippen LogP contribution in [0.1, 0.15) is 24.3 Å².